The molecule has 0 radical (unpaired) electrons. The van der Waals surface area contributed by atoms with Crippen molar-refractivity contribution < 1.29 is 4.79 Å². The predicted molar refractivity (Wildman–Crippen MR) is 109 cm³/mol. The molecule has 0 unspecified atom stereocenters. The van der Waals surface area contributed by atoms with Crippen molar-refractivity contribution in [1.82, 2.24) is 4.98 Å². The fraction of sp³-hybridized carbons (Fsp3) is 0.360. The van der Waals surface area contributed by atoms with Crippen LogP contribution in [0.5, 0.6) is 0 Å². The summed E-state index contributed by atoms with van der Waals surface area (Å²) >= 11 is 0. The van der Waals surface area contributed by atoms with E-state index in [-0.39, 0.29) is 16.6 Å². The maximum absolute atomic E-state index is 12.0. The van der Waals surface area contributed by atoms with Gasteiger partial charge < -0.3 is 0 Å². The summed E-state index contributed by atoms with van der Waals surface area (Å²) in [6.07, 6.45) is 17.5. The summed E-state index contributed by atoms with van der Waals surface area (Å²) in [5.41, 5.74) is 6.48. The van der Waals surface area contributed by atoms with Crippen molar-refractivity contribution in [3.63, 3.8) is 0 Å². The van der Waals surface area contributed by atoms with Gasteiger partial charge in [0.2, 0.25) is 0 Å². The van der Waals surface area contributed by atoms with Crippen LogP contribution in [-0.4, -0.2) is 10.8 Å². The molecule has 0 N–H and O–H groups in total. The number of hydrogen-bond acceptors (Lipinski definition) is 2. The molecule has 1 aromatic heterocycles. The molecular formula is C25H25NO. The van der Waals surface area contributed by atoms with Gasteiger partial charge in [-0.25, -0.2) is 0 Å². The van der Waals surface area contributed by atoms with E-state index in [1.165, 1.54) is 16.7 Å². The zero-order valence-corrected chi connectivity index (χ0v) is 16.0. The number of ketones is 1. The number of allylic oxidation sites excluding steroid dienone is 9. The van der Waals surface area contributed by atoms with Gasteiger partial charge in [-0.2, -0.15) is 0 Å². The lowest BCUT2D eigenvalue weighted by molar-refractivity contribution is -0.110. The molecule has 136 valence electrons. The van der Waals surface area contributed by atoms with Crippen LogP contribution in [0.2, 0.25) is 0 Å². The Balaban J connectivity index is 1.55. The van der Waals surface area contributed by atoms with Crippen LogP contribution in [0.1, 0.15) is 38.7 Å². The fourth-order valence-corrected chi connectivity index (χ4v) is 6.15. The van der Waals surface area contributed by atoms with E-state index in [0.29, 0.717) is 11.8 Å². The molecule has 1 heterocycles. The van der Waals surface area contributed by atoms with Gasteiger partial charge >= 0.3 is 0 Å². The lowest BCUT2D eigenvalue weighted by atomic mass is 9.48. The molecule has 0 aromatic carbocycles. The predicted octanol–water partition coefficient (Wildman–Crippen LogP) is 5.47. The van der Waals surface area contributed by atoms with E-state index in [4.69, 9.17) is 0 Å². The van der Waals surface area contributed by atoms with Crippen LogP contribution in [0.3, 0.4) is 0 Å². The Morgan fingerprint density at radius 1 is 1.22 bits per heavy atom. The summed E-state index contributed by atoms with van der Waals surface area (Å²) < 4.78 is 0. The molecule has 2 nitrogen and oxygen atoms in total. The summed E-state index contributed by atoms with van der Waals surface area (Å²) in [4.78, 5) is 16.3. The first kappa shape index (κ1) is 16.7. The van der Waals surface area contributed by atoms with Crippen molar-refractivity contribution in [2.24, 2.45) is 22.7 Å². The molecular weight excluding hydrogens is 330 g/mol. The highest BCUT2D eigenvalue weighted by Crippen LogP contribution is 2.65. The second kappa shape index (κ2) is 5.51. The molecule has 0 amide bonds. The van der Waals surface area contributed by atoms with Gasteiger partial charge in [0.15, 0.2) is 5.78 Å². The smallest absolute Gasteiger partial charge is 0.178 e. The Labute approximate surface area is 161 Å². The molecule has 4 atom stereocenters. The van der Waals surface area contributed by atoms with Gasteiger partial charge in [0.05, 0.1) is 0 Å². The molecule has 1 aromatic rings. The van der Waals surface area contributed by atoms with Crippen LogP contribution in [0.15, 0.2) is 78.2 Å². The molecule has 0 bridgehead atoms. The topological polar surface area (TPSA) is 30.0 Å². The van der Waals surface area contributed by atoms with Crippen molar-refractivity contribution in [3.8, 4) is 0 Å². The van der Waals surface area contributed by atoms with E-state index in [0.717, 1.165) is 24.8 Å². The molecule has 5 rings (SSSR count). The zero-order valence-electron chi connectivity index (χ0n) is 16.0. The van der Waals surface area contributed by atoms with Crippen LogP contribution in [0, 0.1) is 22.7 Å². The fourth-order valence-electron chi connectivity index (χ4n) is 6.15. The standard InChI is InChI=1S/C25H25NO/c1-16-13-19-21-7-6-20(17-5-4-12-26-15-17)24(21,2)11-9-22(19)25(3)10-8-18(27)14-23(16)25/h4-8,10,12,14-15,19,22H,1,9,11,13H2,2-3H3/t19-,22-,24+,25+/m0/s1. The minimum atomic E-state index is -0.0763. The molecule has 2 saturated carbocycles. The van der Waals surface area contributed by atoms with Gasteiger partial charge in [-0.3, -0.25) is 9.78 Å². The Hall–Kier alpha value is -2.48. The summed E-state index contributed by atoms with van der Waals surface area (Å²) in [5.74, 6) is 1.12. The van der Waals surface area contributed by atoms with Crippen molar-refractivity contribution in [3.05, 3.63) is 83.8 Å². The first-order valence-corrected chi connectivity index (χ1v) is 9.90. The summed E-state index contributed by atoms with van der Waals surface area (Å²) in [6.45, 7) is 9.08. The Morgan fingerprint density at radius 3 is 2.85 bits per heavy atom. The number of aromatic nitrogens is 1. The average Bonchev–Trinajstić information content (AvgIpc) is 3.01. The summed E-state index contributed by atoms with van der Waals surface area (Å²) in [7, 11) is 0. The first-order valence-electron chi connectivity index (χ1n) is 9.90. The number of carbonyl (C=O) groups excluding carboxylic acids is 1. The SMILES string of the molecule is C=C1C[C@H]2C3=CC=C(c4cccnc4)[C@@]3(C)CC[C@@H]2[C@@]2(C)C=CC(=O)C=C12. The van der Waals surface area contributed by atoms with Crippen molar-refractivity contribution in [2.45, 2.75) is 33.1 Å². The van der Waals surface area contributed by atoms with E-state index < -0.39 is 0 Å². The largest absolute Gasteiger partial charge is 0.290 e. The highest BCUT2D eigenvalue weighted by atomic mass is 16.1. The van der Waals surface area contributed by atoms with Crippen molar-refractivity contribution in [1.29, 1.82) is 0 Å². The highest BCUT2D eigenvalue weighted by Gasteiger charge is 2.54. The van der Waals surface area contributed by atoms with E-state index in [1.807, 2.05) is 24.5 Å². The second-order valence-corrected chi connectivity index (χ2v) is 8.91. The molecule has 0 spiro atoms. The van der Waals surface area contributed by atoms with Crippen molar-refractivity contribution >= 4 is 11.4 Å². The van der Waals surface area contributed by atoms with Crippen LogP contribution in [0.25, 0.3) is 5.57 Å². The van der Waals surface area contributed by atoms with Crippen LogP contribution in [-0.2, 0) is 4.79 Å². The van der Waals surface area contributed by atoms with Crippen LogP contribution in [0.4, 0.5) is 0 Å². The number of nitrogens with zero attached hydrogens (tertiary/aromatic N) is 1. The molecule has 0 aliphatic heterocycles. The normalized spacial score (nSPS) is 37.0. The lowest BCUT2D eigenvalue weighted by Gasteiger charge is -2.55. The maximum Gasteiger partial charge on any atom is 0.178 e. The molecule has 0 saturated heterocycles. The monoisotopic (exact) mass is 355 g/mol. The highest BCUT2D eigenvalue weighted by molar-refractivity contribution is 6.02. The summed E-state index contributed by atoms with van der Waals surface area (Å²) in [6, 6.07) is 4.19. The van der Waals surface area contributed by atoms with Gasteiger partial charge in [0.25, 0.3) is 0 Å². The number of pyridine rings is 1. The Bertz CT molecular complexity index is 977. The minimum absolute atomic E-state index is 0.0763. The first-order chi connectivity index (χ1) is 12.9. The van der Waals surface area contributed by atoms with Gasteiger partial charge in [-0.1, -0.05) is 55.9 Å². The molecule has 2 fully saturated rings. The van der Waals surface area contributed by atoms with E-state index in [9.17, 15) is 4.79 Å². The maximum atomic E-state index is 12.0. The molecule has 4 aliphatic carbocycles. The summed E-state index contributed by atoms with van der Waals surface area (Å²) in [5, 5.41) is 0. The van der Waals surface area contributed by atoms with E-state index in [1.54, 1.807) is 11.6 Å². The number of fused-ring (bicyclic) bond motifs is 5. The Kier molecular flexibility index (Phi) is 3.40. The molecule has 27 heavy (non-hydrogen) atoms. The Morgan fingerprint density at radius 2 is 2.07 bits per heavy atom. The van der Waals surface area contributed by atoms with Gasteiger partial charge in [0.1, 0.15) is 0 Å². The quantitative estimate of drug-likeness (QED) is 0.669. The van der Waals surface area contributed by atoms with Gasteiger partial charge in [-0.15, -0.1) is 0 Å². The van der Waals surface area contributed by atoms with Gasteiger partial charge in [-0.05, 0) is 66.0 Å². The number of carbonyl (C=O) groups is 1. The lowest BCUT2D eigenvalue weighted by Crippen LogP contribution is -2.46. The second-order valence-electron chi connectivity index (χ2n) is 8.91. The van der Waals surface area contributed by atoms with Crippen molar-refractivity contribution in [2.75, 3.05) is 0 Å². The molecule has 4 aliphatic rings. The van der Waals surface area contributed by atoms with E-state index in [2.05, 4.69) is 49.7 Å². The third kappa shape index (κ3) is 2.19. The number of hydrogen-bond donors (Lipinski definition) is 0. The van der Waals surface area contributed by atoms with E-state index >= 15 is 0 Å². The third-order valence-corrected chi connectivity index (χ3v) is 7.55. The van der Waals surface area contributed by atoms with Gasteiger partial charge in [0, 0.05) is 23.2 Å². The van der Waals surface area contributed by atoms with Crippen LogP contribution < -0.4 is 0 Å². The zero-order chi connectivity index (χ0) is 18.8. The average molecular weight is 355 g/mol. The third-order valence-electron chi connectivity index (χ3n) is 7.55. The molecule has 2 heteroatoms. The number of rotatable bonds is 1. The van der Waals surface area contributed by atoms with Crippen LogP contribution >= 0.6 is 0 Å². The minimum Gasteiger partial charge on any atom is -0.290 e.